The fraction of sp³-hybridized carbons (Fsp3) is 0.222. The Morgan fingerprint density at radius 3 is 2.82 bits per heavy atom. The monoisotopic (exact) mass is 212 g/mol. The van der Waals surface area contributed by atoms with Crippen LogP contribution in [0.1, 0.15) is 22.8 Å². The first-order valence-electron chi connectivity index (χ1n) is 3.52. The van der Waals surface area contributed by atoms with Crippen molar-refractivity contribution in [3.05, 3.63) is 33.8 Å². The summed E-state index contributed by atoms with van der Waals surface area (Å²) in [6.07, 6.45) is 1.81. The molecular formula is C9H9BrO. The van der Waals surface area contributed by atoms with E-state index in [-0.39, 0.29) is 0 Å². The van der Waals surface area contributed by atoms with Gasteiger partial charge in [-0.15, -0.1) is 0 Å². The van der Waals surface area contributed by atoms with Crippen molar-refractivity contribution in [2.45, 2.75) is 13.3 Å². The minimum atomic E-state index is 0.726. The molecule has 0 aliphatic rings. The predicted molar refractivity (Wildman–Crippen MR) is 48.9 cm³/mol. The van der Waals surface area contributed by atoms with Crippen LogP contribution >= 0.6 is 15.9 Å². The summed E-state index contributed by atoms with van der Waals surface area (Å²) < 4.78 is 0.928. The van der Waals surface area contributed by atoms with Gasteiger partial charge < -0.3 is 0 Å². The largest absolute Gasteiger partial charge is 0.298 e. The summed E-state index contributed by atoms with van der Waals surface area (Å²) in [5.41, 5.74) is 1.90. The van der Waals surface area contributed by atoms with E-state index >= 15 is 0 Å². The molecule has 1 rings (SSSR count). The molecule has 0 heterocycles. The molecule has 0 saturated heterocycles. The van der Waals surface area contributed by atoms with Crippen LogP contribution in [0.15, 0.2) is 22.7 Å². The fourth-order valence-corrected chi connectivity index (χ4v) is 1.60. The first kappa shape index (κ1) is 8.47. The summed E-state index contributed by atoms with van der Waals surface area (Å²) in [6, 6.07) is 5.71. The van der Waals surface area contributed by atoms with E-state index in [1.54, 1.807) is 6.07 Å². The zero-order chi connectivity index (χ0) is 8.27. The maximum atomic E-state index is 10.5. The number of carbonyl (C=O) groups is 1. The SMILES string of the molecule is CCc1cccc(C=O)c1Br. The molecule has 0 radical (unpaired) electrons. The molecule has 0 amide bonds. The second-order valence-electron chi connectivity index (χ2n) is 2.29. The average molecular weight is 213 g/mol. The molecule has 0 N–H and O–H groups in total. The zero-order valence-corrected chi connectivity index (χ0v) is 7.89. The number of carbonyl (C=O) groups excluding carboxylic acids is 1. The van der Waals surface area contributed by atoms with Crippen molar-refractivity contribution < 1.29 is 4.79 Å². The zero-order valence-electron chi connectivity index (χ0n) is 6.30. The molecule has 0 spiro atoms. The Kier molecular flexibility index (Phi) is 2.83. The summed E-state index contributed by atoms with van der Waals surface area (Å²) in [5, 5.41) is 0. The molecule has 1 nitrogen and oxygen atoms in total. The molecular weight excluding hydrogens is 204 g/mol. The Bertz CT molecular complexity index is 268. The first-order chi connectivity index (χ1) is 5.29. The van der Waals surface area contributed by atoms with Crippen LogP contribution in [0.2, 0.25) is 0 Å². The molecule has 0 unspecified atom stereocenters. The van der Waals surface area contributed by atoms with Gasteiger partial charge in [-0.2, -0.15) is 0 Å². The number of benzene rings is 1. The highest BCUT2D eigenvalue weighted by molar-refractivity contribution is 9.10. The van der Waals surface area contributed by atoms with Crippen LogP contribution in [-0.4, -0.2) is 6.29 Å². The predicted octanol–water partition coefficient (Wildman–Crippen LogP) is 2.82. The lowest BCUT2D eigenvalue weighted by Crippen LogP contribution is -1.87. The van der Waals surface area contributed by atoms with Gasteiger partial charge in [0, 0.05) is 10.0 Å². The number of hydrogen-bond acceptors (Lipinski definition) is 1. The molecule has 0 aliphatic carbocycles. The number of aldehydes is 1. The number of rotatable bonds is 2. The standard InChI is InChI=1S/C9H9BrO/c1-2-7-4-3-5-8(6-11)9(7)10/h3-6H,2H2,1H3. The number of hydrogen-bond donors (Lipinski definition) is 0. The Morgan fingerprint density at radius 2 is 2.27 bits per heavy atom. The highest BCUT2D eigenvalue weighted by Gasteiger charge is 2.01. The maximum absolute atomic E-state index is 10.5. The fourth-order valence-electron chi connectivity index (χ4n) is 0.964. The van der Waals surface area contributed by atoms with Crippen molar-refractivity contribution >= 4 is 22.2 Å². The van der Waals surface area contributed by atoms with Crippen LogP contribution in [0.25, 0.3) is 0 Å². The number of aryl methyl sites for hydroxylation is 1. The highest BCUT2D eigenvalue weighted by Crippen LogP contribution is 2.20. The van der Waals surface area contributed by atoms with Crippen molar-refractivity contribution in [2.24, 2.45) is 0 Å². The molecule has 11 heavy (non-hydrogen) atoms. The van der Waals surface area contributed by atoms with Gasteiger partial charge in [-0.05, 0) is 27.9 Å². The van der Waals surface area contributed by atoms with E-state index in [0.717, 1.165) is 22.7 Å². The van der Waals surface area contributed by atoms with Gasteiger partial charge >= 0.3 is 0 Å². The van der Waals surface area contributed by atoms with E-state index in [2.05, 4.69) is 22.9 Å². The summed E-state index contributed by atoms with van der Waals surface area (Å²) in [7, 11) is 0. The molecule has 1 aromatic rings. The smallest absolute Gasteiger partial charge is 0.151 e. The average Bonchev–Trinajstić information content (AvgIpc) is 2.05. The summed E-state index contributed by atoms with van der Waals surface area (Å²) in [6.45, 7) is 2.06. The van der Waals surface area contributed by atoms with Gasteiger partial charge in [0.05, 0.1) is 0 Å². The van der Waals surface area contributed by atoms with Crippen LogP contribution in [0, 0.1) is 0 Å². The van der Waals surface area contributed by atoms with E-state index < -0.39 is 0 Å². The Morgan fingerprint density at radius 1 is 1.55 bits per heavy atom. The maximum Gasteiger partial charge on any atom is 0.151 e. The van der Waals surface area contributed by atoms with Crippen LogP contribution in [0.3, 0.4) is 0 Å². The molecule has 58 valence electrons. The van der Waals surface area contributed by atoms with Gasteiger partial charge in [-0.1, -0.05) is 25.1 Å². The van der Waals surface area contributed by atoms with Crippen LogP contribution < -0.4 is 0 Å². The molecule has 0 fully saturated rings. The van der Waals surface area contributed by atoms with E-state index in [9.17, 15) is 4.79 Å². The third-order valence-corrected chi connectivity index (χ3v) is 2.58. The number of halogens is 1. The van der Waals surface area contributed by atoms with Gasteiger partial charge in [0.1, 0.15) is 0 Å². The van der Waals surface area contributed by atoms with Crippen molar-refractivity contribution in [3.8, 4) is 0 Å². The third kappa shape index (κ3) is 1.69. The lowest BCUT2D eigenvalue weighted by Gasteiger charge is -2.01. The summed E-state index contributed by atoms with van der Waals surface area (Å²) in [5.74, 6) is 0. The molecule has 0 aliphatic heterocycles. The first-order valence-corrected chi connectivity index (χ1v) is 4.31. The highest BCUT2D eigenvalue weighted by atomic mass is 79.9. The topological polar surface area (TPSA) is 17.1 Å². The van der Waals surface area contributed by atoms with Gasteiger partial charge in [0.2, 0.25) is 0 Å². The lowest BCUT2D eigenvalue weighted by atomic mass is 10.1. The Hall–Kier alpha value is -0.630. The second-order valence-corrected chi connectivity index (χ2v) is 3.08. The second kappa shape index (κ2) is 3.67. The van der Waals surface area contributed by atoms with Gasteiger partial charge in [-0.3, -0.25) is 4.79 Å². The Balaban J connectivity index is 3.20. The normalized spacial score (nSPS) is 9.64. The summed E-state index contributed by atoms with van der Waals surface area (Å²) in [4.78, 5) is 10.5. The van der Waals surface area contributed by atoms with Crippen LogP contribution in [-0.2, 0) is 6.42 Å². The molecule has 0 bridgehead atoms. The third-order valence-electron chi connectivity index (χ3n) is 1.62. The van der Waals surface area contributed by atoms with E-state index in [0.29, 0.717) is 0 Å². The molecule has 0 aromatic heterocycles. The van der Waals surface area contributed by atoms with Crippen LogP contribution in [0.5, 0.6) is 0 Å². The van der Waals surface area contributed by atoms with Crippen molar-refractivity contribution in [2.75, 3.05) is 0 Å². The van der Waals surface area contributed by atoms with E-state index in [1.807, 2.05) is 12.1 Å². The molecule has 0 atom stereocenters. The van der Waals surface area contributed by atoms with Gasteiger partial charge in [0.25, 0.3) is 0 Å². The molecule has 0 saturated carbocycles. The molecule has 1 aromatic carbocycles. The summed E-state index contributed by atoms with van der Waals surface area (Å²) >= 11 is 3.37. The van der Waals surface area contributed by atoms with Gasteiger partial charge in [0.15, 0.2) is 6.29 Å². The van der Waals surface area contributed by atoms with Crippen molar-refractivity contribution in [1.82, 2.24) is 0 Å². The van der Waals surface area contributed by atoms with Crippen LogP contribution in [0.4, 0.5) is 0 Å². The van der Waals surface area contributed by atoms with E-state index in [1.165, 1.54) is 5.56 Å². The Labute approximate surface area is 74.6 Å². The van der Waals surface area contributed by atoms with Crippen molar-refractivity contribution in [1.29, 1.82) is 0 Å². The minimum Gasteiger partial charge on any atom is -0.298 e. The van der Waals surface area contributed by atoms with E-state index in [4.69, 9.17) is 0 Å². The lowest BCUT2D eigenvalue weighted by molar-refractivity contribution is 0.112. The minimum absolute atomic E-state index is 0.726. The quantitative estimate of drug-likeness (QED) is 0.690. The van der Waals surface area contributed by atoms with Crippen molar-refractivity contribution in [3.63, 3.8) is 0 Å². The molecule has 2 heteroatoms. The van der Waals surface area contributed by atoms with Gasteiger partial charge in [-0.25, -0.2) is 0 Å².